The van der Waals surface area contributed by atoms with Crippen molar-refractivity contribution in [2.45, 2.75) is 12.5 Å². The molecular weight excluding hydrogens is 251 g/mol. The quantitative estimate of drug-likeness (QED) is 0.657. The second-order valence-corrected chi connectivity index (χ2v) is 4.47. The molecule has 0 saturated heterocycles. The molecule has 94 valence electrons. The summed E-state index contributed by atoms with van der Waals surface area (Å²) in [5.41, 5.74) is 4.67. The second kappa shape index (κ2) is 5.96. The van der Waals surface area contributed by atoms with Crippen LogP contribution in [0.2, 0.25) is 5.02 Å². The van der Waals surface area contributed by atoms with E-state index in [9.17, 15) is 4.39 Å². The van der Waals surface area contributed by atoms with E-state index in [0.29, 0.717) is 11.4 Å². The van der Waals surface area contributed by atoms with E-state index in [1.165, 1.54) is 12.1 Å². The largest absolute Gasteiger partial charge is 0.271 e. The monoisotopic (exact) mass is 264 g/mol. The van der Waals surface area contributed by atoms with Gasteiger partial charge in [0.25, 0.3) is 0 Å². The molecule has 18 heavy (non-hydrogen) atoms. The van der Waals surface area contributed by atoms with Crippen molar-refractivity contribution >= 4 is 11.6 Å². The minimum Gasteiger partial charge on any atom is -0.271 e. The first-order valence-corrected chi connectivity index (χ1v) is 6.03. The van der Waals surface area contributed by atoms with E-state index >= 15 is 0 Å². The Balaban J connectivity index is 2.20. The standard InChI is InChI=1S/C14H14ClFN2/c15-13-4-2-1-3-11(13)9-14(18-17)10-5-7-12(16)8-6-10/h1-8,14,18H,9,17H2. The number of nitrogens with one attached hydrogen (secondary N) is 1. The molecule has 0 aliphatic carbocycles. The van der Waals surface area contributed by atoms with E-state index in [-0.39, 0.29) is 11.9 Å². The molecule has 3 N–H and O–H groups in total. The van der Waals surface area contributed by atoms with Crippen LogP contribution in [-0.2, 0) is 6.42 Å². The molecule has 0 aliphatic heterocycles. The van der Waals surface area contributed by atoms with Crippen LogP contribution in [-0.4, -0.2) is 0 Å². The van der Waals surface area contributed by atoms with E-state index in [2.05, 4.69) is 5.43 Å². The molecule has 2 aromatic rings. The number of hydrogen-bond acceptors (Lipinski definition) is 2. The Labute approximate surface area is 111 Å². The average Bonchev–Trinajstić information content (AvgIpc) is 2.39. The molecule has 2 nitrogen and oxygen atoms in total. The molecule has 0 aromatic heterocycles. The first-order chi connectivity index (χ1) is 8.70. The van der Waals surface area contributed by atoms with Gasteiger partial charge in [0.15, 0.2) is 0 Å². The molecule has 0 saturated carbocycles. The van der Waals surface area contributed by atoms with Gasteiger partial charge < -0.3 is 0 Å². The third-order valence-electron chi connectivity index (χ3n) is 2.86. The van der Waals surface area contributed by atoms with Crippen molar-refractivity contribution in [1.82, 2.24) is 5.43 Å². The Morgan fingerprint density at radius 3 is 2.39 bits per heavy atom. The van der Waals surface area contributed by atoms with Gasteiger partial charge in [0.1, 0.15) is 5.82 Å². The molecule has 2 rings (SSSR count). The number of hydrazine groups is 1. The van der Waals surface area contributed by atoms with Crippen molar-refractivity contribution in [2.75, 3.05) is 0 Å². The highest BCUT2D eigenvalue weighted by Gasteiger charge is 2.12. The Bertz CT molecular complexity index is 513. The molecule has 2 aromatic carbocycles. The summed E-state index contributed by atoms with van der Waals surface area (Å²) >= 11 is 6.11. The SMILES string of the molecule is NNC(Cc1ccccc1Cl)c1ccc(F)cc1. The third-order valence-corrected chi connectivity index (χ3v) is 3.22. The average molecular weight is 265 g/mol. The highest BCUT2D eigenvalue weighted by atomic mass is 35.5. The molecule has 1 atom stereocenters. The third kappa shape index (κ3) is 3.07. The molecule has 0 bridgehead atoms. The summed E-state index contributed by atoms with van der Waals surface area (Å²) in [5.74, 6) is 5.30. The van der Waals surface area contributed by atoms with Gasteiger partial charge in [0.05, 0.1) is 6.04 Å². The topological polar surface area (TPSA) is 38.0 Å². The smallest absolute Gasteiger partial charge is 0.123 e. The van der Waals surface area contributed by atoms with Gasteiger partial charge in [-0.25, -0.2) is 4.39 Å². The first-order valence-electron chi connectivity index (χ1n) is 5.65. The van der Waals surface area contributed by atoms with Crippen LogP contribution >= 0.6 is 11.6 Å². The van der Waals surface area contributed by atoms with Crippen molar-refractivity contribution in [1.29, 1.82) is 0 Å². The first kappa shape index (κ1) is 13.0. The number of nitrogens with two attached hydrogens (primary N) is 1. The maximum atomic E-state index is 12.9. The maximum absolute atomic E-state index is 12.9. The van der Waals surface area contributed by atoms with Crippen molar-refractivity contribution in [3.8, 4) is 0 Å². The van der Waals surface area contributed by atoms with Gasteiger partial charge in [-0.3, -0.25) is 11.3 Å². The highest BCUT2D eigenvalue weighted by molar-refractivity contribution is 6.31. The van der Waals surface area contributed by atoms with Crippen LogP contribution in [0.4, 0.5) is 4.39 Å². The summed E-state index contributed by atoms with van der Waals surface area (Å²) in [6, 6.07) is 13.8. The Hall–Kier alpha value is -1.42. The van der Waals surface area contributed by atoms with Crippen molar-refractivity contribution < 1.29 is 4.39 Å². The molecule has 4 heteroatoms. The summed E-state index contributed by atoms with van der Waals surface area (Å²) < 4.78 is 12.9. The fourth-order valence-electron chi connectivity index (χ4n) is 1.85. The van der Waals surface area contributed by atoms with E-state index in [4.69, 9.17) is 17.4 Å². The fraction of sp³-hybridized carbons (Fsp3) is 0.143. The molecule has 0 fully saturated rings. The highest BCUT2D eigenvalue weighted by Crippen LogP contribution is 2.23. The lowest BCUT2D eigenvalue weighted by atomic mass is 9.99. The van der Waals surface area contributed by atoms with Gasteiger partial charge in [-0.2, -0.15) is 0 Å². The Kier molecular flexibility index (Phi) is 4.31. The number of halogens is 2. The summed E-state index contributed by atoms with van der Waals surface area (Å²) in [5, 5.41) is 0.708. The van der Waals surface area contributed by atoms with Crippen LogP contribution in [0.25, 0.3) is 0 Å². The summed E-state index contributed by atoms with van der Waals surface area (Å²) in [7, 11) is 0. The van der Waals surface area contributed by atoms with Gasteiger partial charge in [-0.15, -0.1) is 0 Å². The van der Waals surface area contributed by atoms with Crippen LogP contribution in [0.15, 0.2) is 48.5 Å². The Morgan fingerprint density at radius 2 is 1.78 bits per heavy atom. The molecular formula is C14H14ClFN2. The van der Waals surface area contributed by atoms with Crippen LogP contribution < -0.4 is 11.3 Å². The van der Waals surface area contributed by atoms with Crippen LogP contribution in [0.3, 0.4) is 0 Å². The minimum atomic E-state index is -0.257. The molecule has 1 unspecified atom stereocenters. The summed E-state index contributed by atoms with van der Waals surface area (Å²) in [6.45, 7) is 0. The predicted molar refractivity (Wildman–Crippen MR) is 71.6 cm³/mol. The van der Waals surface area contributed by atoms with Crippen LogP contribution in [0, 0.1) is 5.82 Å². The van der Waals surface area contributed by atoms with E-state index in [1.54, 1.807) is 12.1 Å². The minimum absolute atomic E-state index is 0.0921. The summed E-state index contributed by atoms with van der Waals surface area (Å²) in [4.78, 5) is 0. The second-order valence-electron chi connectivity index (χ2n) is 4.07. The number of benzene rings is 2. The zero-order valence-corrected chi connectivity index (χ0v) is 10.5. The van der Waals surface area contributed by atoms with Crippen molar-refractivity contribution in [3.05, 3.63) is 70.5 Å². The lowest BCUT2D eigenvalue weighted by Gasteiger charge is -2.17. The van der Waals surface area contributed by atoms with Gasteiger partial charge in [0, 0.05) is 5.02 Å². The van der Waals surface area contributed by atoms with Gasteiger partial charge in [-0.05, 0) is 35.7 Å². The van der Waals surface area contributed by atoms with Crippen LogP contribution in [0.1, 0.15) is 17.2 Å². The molecule has 0 heterocycles. The Morgan fingerprint density at radius 1 is 1.11 bits per heavy atom. The fourth-order valence-corrected chi connectivity index (χ4v) is 2.06. The van der Waals surface area contributed by atoms with E-state index in [1.807, 2.05) is 24.3 Å². The van der Waals surface area contributed by atoms with E-state index in [0.717, 1.165) is 11.1 Å². The normalized spacial score (nSPS) is 12.4. The molecule has 0 aliphatic rings. The van der Waals surface area contributed by atoms with E-state index < -0.39 is 0 Å². The van der Waals surface area contributed by atoms with Crippen molar-refractivity contribution in [3.63, 3.8) is 0 Å². The summed E-state index contributed by atoms with van der Waals surface area (Å²) in [6.07, 6.45) is 0.655. The molecule has 0 spiro atoms. The van der Waals surface area contributed by atoms with Crippen molar-refractivity contribution in [2.24, 2.45) is 5.84 Å². The lowest BCUT2D eigenvalue weighted by Crippen LogP contribution is -2.29. The van der Waals surface area contributed by atoms with Gasteiger partial charge in [-0.1, -0.05) is 41.9 Å². The predicted octanol–water partition coefficient (Wildman–Crippen LogP) is 3.23. The van der Waals surface area contributed by atoms with Crippen LogP contribution in [0.5, 0.6) is 0 Å². The molecule has 0 amide bonds. The zero-order chi connectivity index (χ0) is 13.0. The number of hydrogen-bond donors (Lipinski definition) is 2. The van der Waals surface area contributed by atoms with Gasteiger partial charge in [0.2, 0.25) is 0 Å². The zero-order valence-electron chi connectivity index (χ0n) is 9.74. The maximum Gasteiger partial charge on any atom is 0.123 e. The van der Waals surface area contributed by atoms with Gasteiger partial charge >= 0.3 is 0 Å². The lowest BCUT2D eigenvalue weighted by molar-refractivity contribution is 0.549. The molecule has 0 radical (unpaired) electrons. The number of rotatable bonds is 4.